The number of nitrogens with one attached hydrogen (secondary N) is 1. The van der Waals surface area contributed by atoms with Gasteiger partial charge in [-0.1, -0.05) is 23.7 Å². The molecule has 0 spiro atoms. The summed E-state index contributed by atoms with van der Waals surface area (Å²) in [4.78, 5) is 4.27. The fourth-order valence-electron chi connectivity index (χ4n) is 2.23. The van der Waals surface area contributed by atoms with Crippen molar-refractivity contribution in [3.05, 3.63) is 65.1 Å². The molecular weight excluding hydrogens is 339 g/mol. The van der Waals surface area contributed by atoms with E-state index in [1.807, 2.05) is 13.0 Å². The summed E-state index contributed by atoms with van der Waals surface area (Å²) in [6, 6.07) is 10.4. The van der Waals surface area contributed by atoms with Gasteiger partial charge in [0, 0.05) is 11.6 Å². The Kier molecular flexibility index (Phi) is 3.95. The standard InChI is InChI=1S/C16H12ClFN2O2S/c1-10-7-11-3-2-4-15(16(11)19-9-10)23(21,22)20-12-5-6-14(18)13(17)8-12/h2-9,20H,1H3. The second kappa shape index (κ2) is 5.79. The van der Waals surface area contributed by atoms with E-state index in [0.29, 0.717) is 5.52 Å². The van der Waals surface area contributed by atoms with Gasteiger partial charge in [0.1, 0.15) is 10.7 Å². The van der Waals surface area contributed by atoms with E-state index in [2.05, 4.69) is 9.71 Å². The number of sulfonamides is 1. The minimum absolute atomic E-state index is 0.0513. The number of aromatic nitrogens is 1. The zero-order valence-corrected chi connectivity index (χ0v) is 13.6. The first-order valence-electron chi connectivity index (χ1n) is 6.70. The first-order valence-corrected chi connectivity index (χ1v) is 8.56. The molecule has 0 saturated heterocycles. The Balaban J connectivity index is 2.07. The lowest BCUT2D eigenvalue weighted by molar-refractivity contribution is 0.601. The van der Waals surface area contributed by atoms with E-state index in [-0.39, 0.29) is 15.6 Å². The summed E-state index contributed by atoms with van der Waals surface area (Å²) in [7, 11) is -3.88. The third-order valence-electron chi connectivity index (χ3n) is 3.27. The van der Waals surface area contributed by atoms with Crippen LogP contribution in [0.1, 0.15) is 5.56 Å². The van der Waals surface area contributed by atoms with Crippen molar-refractivity contribution in [3.63, 3.8) is 0 Å². The molecule has 3 aromatic rings. The summed E-state index contributed by atoms with van der Waals surface area (Å²) in [6.07, 6.45) is 1.61. The second-order valence-corrected chi connectivity index (χ2v) is 7.13. The number of fused-ring (bicyclic) bond motifs is 1. The molecule has 0 aliphatic rings. The molecule has 1 aromatic heterocycles. The van der Waals surface area contributed by atoms with Gasteiger partial charge in [-0.25, -0.2) is 12.8 Å². The lowest BCUT2D eigenvalue weighted by Gasteiger charge is -2.10. The highest BCUT2D eigenvalue weighted by Gasteiger charge is 2.19. The summed E-state index contributed by atoms with van der Waals surface area (Å²) in [5, 5.41) is 0.571. The average molecular weight is 351 g/mol. The Morgan fingerprint density at radius 1 is 1.17 bits per heavy atom. The molecule has 1 N–H and O–H groups in total. The van der Waals surface area contributed by atoms with Crippen LogP contribution >= 0.6 is 11.6 Å². The van der Waals surface area contributed by atoms with Crippen molar-refractivity contribution in [1.82, 2.24) is 4.98 Å². The largest absolute Gasteiger partial charge is 0.280 e. The van der Waals surface area contributed by atoms with Gasteiger partial charge in [0.2, 0.25) is 0 Å². The summed E-state index contributed by atoms with van der Waals surface area (Å²) in [5.41, 5.74) is 1.49. The van der Waals surface area contributed by atoms with E-state index in [0.717, 1.165) is 17.0 Å². The van der Waals surface area contributed by atoms with Crippen LogP contribution in [-0.2, 0) is 10.0 Å². The summed E-state index contributed by atoms with van der Waals surface area (Å²) < 4.78 is 40.8. The molecule has 0 atom stereocenters. The summed E-state index contributed by atoms with van der Waals surface area (Å²) in [6.45, 7) is 1.88. The van der Waals surface area contributed by atoms with E-state index in [1.165, 1.54) is 18.2 Å². The quantitative estimate of drug-likeness (QED) is 0.772. The monoisotopic (exact) mass is 350 g/mol. The van der Waals surface area contributed by atoms with Crippen molar-refractivity contribution in [2.75, 3.05) is 4.72 Å². The molecule has 118 valence electrons. The lowest BCUT2D eigenvalue weighted by atomic mass is 10.2. The molecule has 0 unspecified atom stereocenters. The zero-order chi connectivity index (χ0) is 16.6. The van der Waals surface area contributed by atoms with E-state index < -0.39 is 15.8 Å². The van der Waals surface area contributed by atoms with Crippen molar-refractivity contribution in [2.24, 2.45) is 0 Å². The van der Waals surface area contributed by atoms with Crippen LogP contribution in [0.15, 0.2) is 53.6 Å². The van der Waals surface area contributed by atoms with Crippen LogP contribution in [0.5, 0.6) is 0 Å². The number of para-hydroxylation sites is 1. The van der Waals surface area contributed by atoms with Gasteiger partial charge in [-0.3, -0.25) is 9.71 Å². The van der Waals surface area contributed by atoms with Gasteiger partial charge in [-0.15, -0.1) is 0 Å². The topological polar surface area (TPSA) is 59.1 Å². The minimum atomic E-state index is -3.88. The van der Waals surface area contributed by atoms with Gasteiger partial charge in [0.25, 0.3) is 10.0 Å². The number of nitrogens with zero attached hydrogens (tertiary/aromatic N) is 1. The third-order valence-corrected chi connectivity index (χ3v) is 4.97. The molecule has 0 amide bonds. The SMILES string of the molecule is Cc1cnc2c(S(=O)(=O)Nc3ccc(F)c(Cl)c3)cccc2c1. The second-order valence-electron chi connectivity index (χ2n) is 5.07. The minimum Gasteiger partial charge on any atom is -0.280 e. The predicted octanol–water partition coefficient (Wildman–Crippen LogP) is 4.14. The maximum absolute atomic E-state index is 13.2. The average Bonchev–Trinajstić information content (AvgIpc) is 2.49. The van der Waals surface area contributed by atoms with Crippen molar-refractivity contribution >= 4 is 38.2 Å². The number of halogens is 2. The van der Waals surface area contributed by atoms with Crippen molar-refractivity contribution in [1.29, 1.82) is 0 Å². The number of pyridine rings is 1. The van der Waals surface area contributed by atoms with Gasteiger partial charge in [-0.05, 0) is 42.8 Å². The van der Waals surface area contributed by atoms with Crippen molar-refractivity contribution in [2.45, 2.75) is 11.8 Å². The zero-order valence-electron chi connectivity index (χ0n) is 12.0. The molecule has 0 radical (unpaired) electrons. The molecule has 0 aliphatic carbocycles. The molecule has 0 bridgehead atoms. The fourth-order valence-corrected chi connectivity index (χ4v) is 3.64. The van der Waals surface area contributed by atoms with Crippen molar-refractivity contribution < 1.29 is 12.8 Å². The molecule has 23 heavy (non-hydrogen) atoms. The Morgan fingerprint density at radius 2 is 1.96 bits per heavy atom. The smallest absolute Gasteiger partial charge is 0.264 e. The molecule has 1 heterocycles. The molecular formula is C16H12ClFN2O2S. The van der Waals surface area contributed by atoms with Crippen LogP contribution in [0, 0.1) is 12.7 Å². The number of hydrogen-bond acceptors (Lipinski definition) is 3. The van der Waals surface area contributed by atoms with Crippen LogP contribution < -0.4 is 4.72 Å². The highest BCUT2D eigenvalue weighted by Crippen LogP contribution is 2.26. The van der Waals surface area contributed by atoms with Gasteiger partial charge in [0.15, 0.2) is 0 Å². The molecule has 0 fully saturated rings. The molecule has 7 heteroatoms. The van der Waals surface area contributed by atoms with Gasteiger partial charge >= 0.3 is 0 Å². The van der Waals surface area contributed by atoms with Gasteiger partial charge in [-0.2, -0.15) is 0 Å². The normalized spacial score (nSPS) is 11.6. The highest BCUT2D eigenvalue weighted by atomic mass is 35.5. The molecule has 4 nitrogen and oxygen atoms in total. The number of hydrogen-bond donors (Lipinski definition) is 1. The first kappa shape index (κ1) is 15.7. The molecule has 2 aromatic carbocycles. The Labute approximate surface area is 138 Å². The molecule has 3 rings (SSSR count). The van der Waals surface area contributed by atoms with E-state index in [1.54, 1.807) is 18.3 Å². The van der Waals surface area contributed by atoms with Crippen molar-refractivity contribution in [3.8, 4) is 0 Å². The van der Waals surface area contributed by atoms with E-state index in [4.69, 9.17) is 11.6 Å². The fraction of sp³-hybridized carbons (Fsp3) is 0.0625. The predicted molar refractivity (Wildman–Crippen MR) is 88.7 cm³/mol. The Hall–Kier alpha value is -2.18. The third kappa shape index (κ3) is 3.13. The first-order chi connectivity index (χ1) is 10.9. The maximum atomic E-state index is 13.2. The van der Waals surface area contributed by atoms with Crippen LogP contribution in [-0.4, -0.2) is 13.4 Å². The lowest BCUT2D eigenvalue weighted by Crippen LogP contribution is -2.13. The highest BCUT2D eigenvalue weighted by molar-refractivity contribution is 7.93. The van der Waals surface area contributed by atoms with E-state index in [9.17, 15) is 12.8 Å². The van der Waals surface area contributed by atoms with Gasteiger partial charge < -0.3 is 0 Å². The number of benzene rings is 2. The van der Waals surface area contributed by atoms with Crippen LogP contribution in [0.4, 0.5) is 10.1 Å². The van der Waals surface area contributed by atoms with Crippen LogP contribution in [0.3, 0.4) is 0 Å². The number of anilines is 1. The van der Waals surface area contributed by atoms with Gasteiger partial charge in [0.05, 0.1) is 16.2 Å². The van der Waals surface area contributed by atoms with Crippen LogP contribution in [0.25, 0.3) is 10.9 Å². The number of aryl methyl sites for hydroxylation is 1. The number of rotatable bonds is 3. The Morgan fingerprint density at radius 3 is 2.70 bits per heavy atom. The summed E-state index contributed by atoms with van der Waals surface area (Å²) >= 11 is 5.68. The molecule has 0 aliphatic heterocycles. The van der Waals surface area contributed by atoms with E-state index >= 15 is 0 Å². The summed E-state index contributed by atoms with van der Waals surface area (Å²) in [5.74, 6) is -0.614. The maximum Gasteiger partial charge on any atom is 0.264 e. The van der Waals surface area contributed by atoms with Crippen LogP contribution in [0.2, 0.25) is 5.02 Å². The Bertz CT molecular complexity index is 1010. The molecule has 0 saturated carbocycles.